The van der Waals surface area contributed by atoms with Gasteiger partial charge in [0.15, 0.2) is 16.7 Å². The molecule has 0 aliphatic carbocycles. The lowest BCUT2D eigenvalue weighted by Crippen LogP contribution is -2.40. The number of aromatic nitrogens is 2. The SMILES string of the molecule is CCCCc1nc(Cl)c(C(=O)OCCCO[N+](=O)[O-])n1Cc1ccc(-c2ccccc2/C(N)=N/N(N)C(C)OC(=O)Oc2cccc(CO[N+](=O)[O-])c2)cc1. The molecule has 3 aromatic carbocycles. The molecule has 55 heavy (non-hydrogen) atoms. The second-order valence-electron chi connectivity index (χ2n) is 11.7. The van der Waals surface area contributed by atoms with Crippen molar-refractivity contribution in [3.63, 3.8) is 0 Å². The van der Waals surface area contributed by atoms with Crippen molar-refractivity contribution in [2.45, 2.75) is 58.9 Å². The van der Waals surface area contributed by atoms with Crippen LogP contribution >= 0.6 is 11.6 Å². The highest BCUT2D eigenvalue weighted by Gasteiger charge is 2.24. The minimum absolute atomic E-state index is 0.00348. The van der Waals surface area contributed by atoms with E-state index in [1.54, 1.807) is 22.8 Å². The number of nitrogens with zero attached hydrogens (tertiary/aromatic N) is 6. The summed E-state index contributed by atoms with van der Waals surface area (Å²) in [6, 6.07) is 20.6. The minimum Gasteiger partial charge on any atom is -0.461 e. The second-order valence-corrected chi connectivity index (χ2v) is 12.1. The molecular weight excluding hydrogens is 744 g/mol. The zero-order chi connectivity index (χ0) is 39.9. The lowest BCUT2D eigenvalue weighted by Gasteiger charge is -2.21. The van der Waals surface area contributed by atoms with Gasteiger partial charge in [-0.1, -0.05) is 85.6 Å². The molecule has 0 spiro atoms. The zero-order valence-corrected chi connectivity index (χ0v) is 30.6. The van der Waals surface area contributed by atoms with E-state index in [1.165, 1.54) is 25.1 Å². The predicted octanol–water partition coefficient (Wildman–Crippen LogP) is 5.42. The maximum absolute atomic E-state index is 13.1. The van der Waals surface area contributed by atoms with Crippen molar-refractivity contribution in [3.8, 4) is 16.9 Å². The van der Waals surface area contributed by atoms with Crippen LogP contribution in [0.4, 0.5) is 4.79 Å². The molecule has 0 saturated carbocycles. The Morgan fingerprint density at radius 2 is 1.71 bits per heavy atom. The number of hydrazine groups is 1. The van der Waals surface area contributed by atoms with Gasteiger partial charge in [0.2, 0.25) is 6.23 Å². The standard InChI is InChI=1S/C35H39ClN8O11/c1-3-4-13-30-39-32(36)31(34(45)51-18-8-19-52-43(47)48)41(30)21-24-14-16-26(17-15-24)28-11-5-6-12-29(28)33(37)40-42(38)23(2)54-35(46)55-27-10-7-9-25(20-27)22-53-44(49)50/h5-7,9-12,14-17,20,23H,3-4,8,13,18-19,21-22,38H2,1-2H3,(H2,37,40). The van der Waals surface area contributed by atoms with Crippen molar-refractivity contribution in [2.24, 2.45) is 16.7 Å². The summed E-state index contributed by atoms with van der Waals surface area (Å²) in [6.45, 7) is 3.08. The number of carbonyl (C=O) groups is 2. The molecule has 19 nitrogen and oxygen atoms in total. The largest absolute Gasteiger partial charge is 0.515 e. The first-order chi connectivity index (χ1) is 26.4. The van der Waals surface area contributed by atoms with Gasteiger partial charge in [0.25, 0.3) is 10.2 Å². The van der Waals surface area contributed by atoms with E-state index < -0.39 is 28.5 Å². The van der Waals surface area contributed by atoms with Crippen LogP contribution in [0.5, 0.6) is 5.75 Å². The molecule has 0 amide bonds. The summed E-state index contributed by atoms with van der Waals surface area (Å²) < 4.78 is 17.4. The van der Waals surface area contributed by atoms with E-state index in [0.29, 0.717) is 23.4 Å². The first-order valence-corrected chi connectivity index (χ1v) is 17.2. The Morgan fingerprint density at radius 1 is 0.982 bits per heavy atom. The van der Waals surface area contributed by atoms with E-state index in [-0.39, 0.29) is 55.2 Å². The average Bonchev–Trinajstić information content (AvgIpc) is 3.46. The molecule has 1 aromatic heterocycles. The van der Waals surface area contributed by atoms with Gasteiger partial charge < -0.3 is 34.2 Å². The molecular formula is C35H39ClN8O11. The van der Waals surface area contributed by atoms with Crippen LogP contribution in [0.1, 0.15) is 66.1 Å². The fourth-order valence-corrected chi connectivity index (χ4v) is 5.40. The third-order valence-corrected chi connectivity index (χ3v) is 8.04. The van der Waals surface area contributed by atoms with Gasteiger partial charge >= 0.3 is 12.1 Å². The number of imidazole rings is 1. The fraction of sp³-hybridized carbons (Fsp3) is 0.314. The molecule has 1 heterocycles. The number of hydrazone groups is 1. The number of carbonyl (C=O) groups excluding carboxylic acids is 2. The number of amidine groups is 1. The van der Waals surface area contributed by atoms with E-state index >= 15 is 0 Å². The van der Waals surface area contributed by atoms with Gasteiger partial charge in [-0.2, -0.15) is 5.12 Å². The van der Waals surface area contributed by atoms with E-state index in [1.807, 2.05) is 43.3 Å². The normalized spacial score (nSPS) is 11.7. The first-order valence-electron chi connectivity index (χ1n) is 16.9. The third kappa shape index (κ3) is 12.3. The van der Waals surface area contributed by atoms with Crippen LogP contribution in [-0.2, 0) is 38.7 Å². The molecule has 1 atom stereocenters. The van der Waals surface area contributed by atoms with Gasteiger partial charge in [-0.05, 0) is 47.7 Å². The number of hydrogen-bond acceptors (Lipinski definition) is 15. The number of halogens is 1. The number of aryl methyl sites for hydroxylation is 1. The number of esters is 1. The monoisotopic (exact) mass is 782 g/mol. The molecule has 4 N–H and O–H groups in total. The van der Waals surface area contributed by atoms with Crippen LogP contribution in [0.2, 0.25) is 5.15 Å². The van der Waals surface area contributed by atoms with Gasteiger partial charge in [-0.25, -0.2) is 20.4 Å². The number of ether oxygens (including phenoxy) is 3. The van der Waals surface area contributed by atoms with Crippen molar-refractivity contribution in [1.29, 1.82) is 0 Å². The smallest absolute Gasteiger partial charge is 0.461 e. The Hall–Kier alpha value is -6.47. The highest BCUT2D eigenvalue weighted by Crippen LogP contribution is 2.26. The Kier molecular flexibility index (Phi) is 15.1. The summed E-state index contributed by atoms with van der Waals surface area (Å²) in [4.78, 5) is 59.4. The fourth-order valence-electron chi connectivity index (χ4n) is 5.12. The Morgan fingerprint density at radius 3 is 2.42 bits per heavy atom. The second kappa shape index (κ2) is 20.1. The average molecular weight is 783 g/mol. The van der Waals surface area contributed by atoms with Crippen molar-refractivity contribution < 1.29 is 43.6 Å². The molecule has 4 rings (SSSR count). The molecule has 0 bridgehead atoms. The molecule has 0 saturated heterocycles. The van der Waals surface area contributed by atoms with Crippen LogP contribution in [0, 0.1) is 20.2 Å². The molecule has 0 radical (unpaired) electrons. The van der Waals surface area contributed by atoms with Crippen LogP contribution in [-0.4, -0.2) is 62.2 Å². The van der Waals surface area contributed by atoms with Crippen LogP contribution in [0.15, 0.2) is 77.9 Å². The summed E-state index contributed by atoms with van der Waals surface area (Å²) in [5.74, 6) is 6.06. The van der Waals surface area contributed by atoms with E-state index in [0.717, 1.165) is 34.6 Å². The number of unbranched alkanes of at least 4 members (excludes halogenated alkanes) is 1. The Bertz CT molecular complexity index is 1990. The molecule has 292 valence electrons. The molecule has 20 heteroatoms. The summed E-state index contributed by atoms with van der Waals surface area (Å²) in [5, 5.41) is 24.1. The molecule has 1 unspecified atom stereocenters. The first kappa shape index (κ1) is 41.3. The van der Waals surface area contributed by atoms with Gasteiger partial charge in [-0.3, -0.25) is 0 Å². The van der Waals surface area contributed by atoms with Gasteiger partial charge in [0.05, 0.1) is 13.2 Å². The molecule has 4 aromatic rings. The summed E-state index contributed by atoms with van der Waals surface area (Å²) >= 11 is 6.43. The quantitative estimate of drug-likeness (QED) is 0.0131. The minimum atomic E-state index is -1.12. The lowest BCUT2D eigenvalue weighted by molar-refractivity contribution is -0.763. The van der Waals surface area contributed by atoms with Crippen molar-refractivity contribution >= 4 is 29.6 Å². The van der Waals surface area contributed by atoms with Crippen molar-refractivity contribution in [1.82, 2.24) is 14.7 Å². The maximum atomic E-state index is 13.1. The molecule has 0 aliphatic heterocycles. The van der Waals surface area contributed by atoms with Gasteiger partial charge in [0, 0.05) is 24.9 Å². The number of benzene rings is 3. The number of nitrogens with two attached hydrogens (primary N) is 2. The molecule has 0 fully saturated rings. The Balaban J connectivity index is 1.45. The van der Waals surface area contributed by atoms with Gasteiger partial charge in [-0.15, -0.1) is 25.3 Å². The Labute approximate surface area is 319 Å². The summed E-state index contributed by atoms with van der Waals surface area (Å²) in [7, 11) is 0. The van der Waals surface area contributed by atoms with Crippen LogP contribution in [0.3, 0.4) is 0 Å². The van der Waals surface area contributed by atoms with E-state index in [9.17, 15) is 29.8 Å². The molecule has 0 aliphatic rings. The lowest BCUT2D eigenvalue weighted by atomic mass is 9.98. The van der Waals surface area contributed by atoms with E-state index in [4.69, 9.17) is 37.4 Å². The van der Waals surface area contributed by atoms with Gasteiger partial charge in [0.1, 0.15) is 18.2 Å². The van der Waals surface area contributed by atoms with Crippen LogP contribution in [0.25, 0.3) is 11.1 Å². The number of rotatable bonds is 20. The highest BCUT2D eigenvalue weighted by atomic mass is 35.5. The highest BCUT2D eigenvalue weighted by molar-refractivity contribution is 6.32. The van der Waals surface area contributed by atoms with Crippen molar-refractivity contribution in [2.75, 3.05) is 13.2 Å². The van der Waals surface area contributed by atoms with Crippen LogP contribution < -0.4 is 16.3 Å². The predicted molar refractivity (Wildman–Crippen MR) is 196 cm³/mol. The third-order valence-electron chi connectivity index (χ3n) is 7.78. The maximum Gasteiger partial charge on any atom is 0.515 e. The summed E-state index contributed by atoms with van der Waals surface area (Å²) in [5.41, 5.74) is 9.72. The zero-order valence-electron chi connectivity index (χ0n) is 29.9. The number of hydrogen-bond donors (Lipinski definition) is 2. The van der Waals surface area contributed by atoms with Crippen molar-refractivity contribution in [3.05, 3.63) is 126 Å². The van der Waals surface area contributed by atoms with E-state index in [2.05, 4.69) is 19.8 Å². The summed E-state index contributed by atoms with van der Waals surface area (Å²) in [6.07, 6.45) is 0.170. The topological polar surface area (TPSA) is 252 Å².